The predicted octanol–water partition coefficient (Wildman–Crippen LogP) is 3.92. The molecule has 96 valence electrons. The van der Waals surface area contributed by atoms with Crippen LogP contribution in [0.25, 0.3) is 11.0 Å². The van der Waals surface area contributed by atoms with Crippen LogP contribution in [0.2, 0.25) is 0 Å². The summed E-state index contributed by atoms with van der Waals surface area (Å²) >= 11 is 6.17. The molecule has 0 saturated carbocycles. The molecule has 1 aromatic carbocycles. The Morgan fingerprint density at radius 3 is 2.94 bits per heavy atom. The van der Waals surface area contributed by atoms with Gasteiger partial charge in [-0.25, -0.2) is 4.98 Å². The Balaban J connectivity index is 2.56. The van der Waals surface area contributed by atoms with E-state index >= 15 is 0 Å². The first-order chi connectivity index (χ1) is 8.67. The highest BCUT2D eigenvalue weighted by Gasteiger charge is 2.14. The maximum Gasteiger partial charge on any atom is 0.128 e. The van der Waals surface area contributed by atoms with Gasteiger partial charge in [-0.1, -0.05) is 6.08 Å². The highest BCUT2D eigenvalue weighted by molar-refractivity contribution is 6.20. The van der Waals surface area contributed by atoms with Crippen molar-refractivity contribution in [3.8, 4) is 5.75 Å². The fraction of sp³-hybridized carbons (Fsp3) is 0.357. The lowest BCUT2D eigenvalue weighted by molar-refractivity contribution is 0.340. The maximum absolute atomic E-state index is 6.17. The number of hydrogen-bond acceptors (Lipinski definition) is 2. The minimum atomic E-state index is -0.132. The van der Waals surface area contributed by atoms with E-state index in [1.807, 2.05) is 38.1 Å². The summed E-state index contributed by atoms with van der Waals surface area (Å²) in [5.74, 6) is 1.70. The standard InChI is InChI=1S/C14H17ClN2O/c1-4-8-17-13-7-6-11(18-5-2)9-12(13)16-14(17)10(3)15/h4,6-7,9-10H,1,5,8H2,2-3H3. The normalized spacial score (nSPS) is 12.6. The van der Waals surface area contributed by atoms with E-state index in [2.05, 4.69) is 16.1 Å². The topological polar surface area (TPSA) is 27.1 Å². The molecule has 2 rings (SSSR count). The van der Waals surface area contributed by atoms with Crippen LogP contribution in [0, 0.1) is 0 Å². The molecule has 0 saturated heterocycles. The molecule has 1 unspecified atom stereocenters. The summed E-state index contributed by atoms with van der Waals surface area (Å²) in [6.07, 6.45) is 1.85. The van der Waals surface area contributed by atoms with Crippen LogP contribution in [0.1, 0.15) is 25.0 Å². The van der Waals surface area contributed by atoms with E-state index in [0.717, 1.165) is 22.6 Å². The molecule has 1 heterocycles. The van der Waals surface area contributed by atoms with Crippen LogP contribution in [0.5, 0.6) is 5.75 Å². The number of halogens is 1. The van der Waals surface area contributed by atoms with Crippen molar-refractivity contribution < 1.29 is 4.74 Å². The van der Waals surface area contributed by atoms with E-state index in [4.69, 9.17) is 16.3 Å². The minimum absolute atomic E-state index is 0.132. The van der Waals surface area contributed by atoms with Crippen molar-refractivity contribution in [1.82, 2.24) is 9.55 Å². The summed E-state index contributed by atoms with van der Waals surface area (Å²) in [5.41, 5.74) is 1.96. The number of allylic oxidation sites excluding steroid dienone is 1. The average molecular weight is 265 g/mol. The largest absolute Gasteiger partial charge is 0.494 e. The molecule has 0 bridgehead atoms. The van der Waals surface area contributed by atoms with Gasteiger partial charge in [0, 0.05) is 12.6 Å². The molecule has 0 aliphatic carbocycles. The van der Waals surface area contributed by atoms with Gasteiger partial charge in [-0.15, -0.1) is 18.2 Å². The summed E-state index contributed by atoms with van der Waals surface area (Å²) in [4.78, 5) is 4.58. The molecule has 2 aromatic rings. The fourth-order valence-corrected chi connectivity index (χ4v) is 2.18. The summed E-state index contributed by atoms with van der Waals surface area (Å²) in [7, 11) is 0. The number of aromatic nitrogens is 2. The van der Waals surface area contributed by atoms with Crippen molar-refractivity contribution in [2.75, 3.05) is 6.61 Å². The lowest BCUT2D eigenvalue weighted by Gasteiger charge is -2.07. The number of rotatable bonds is 5. The van der Waals surface area contributed by atoms with E-state index in [1.165, 1.54) is 0 Å². The van der Waals surface area contributed by atoms with E-state index in [9.17, 15) is 0 Å². The second-order valence-electron chi connectivity index (χ2n) is 4.07. The molecule has 0 N–H and O–H groups in total. The van der Waals surface area contributed by atoms with Crippen LogP contribution >= 0.6 is 11.6 Å². The van der Waals surface area contributed by atoms with Crippen molar-refractivity contribution in [2.45, 2.75) is 25.8 Å². The third kappa shape index (κ3) is 2.36. The molecule has 18 heavy (non-hydrogen) atoms. The Labute approximate surface area is 112 Å². The molecule has 4 heteroatoms. The minimum Gasteiger partial charge on any atom is -0.494 e. The van der Waals surface area contributed by atoms with Gasteiger partial charge in [0.1, 0.15) is 11.6 Å². The molecule has 0 fully saturated rings. The SMILES string of the molecule is C=CCn1c(C(C)Cl)nc2cc(OCC)ccc21. The van der Waals surface area contributed by atoms with Crippen LogP contribution in [0.4, 0.5) is 0 Å². The zero-order valence-electron chi connectivity index (χ0n) is 10.7. The quantitative estimate of drug-likeness (QED) is 0.605. The van der Waals surface area contributed by atoms with Crippen molar-refractivity contribution >= 4 is 22.6 Å². The Hall–Kier alpha value is -1.48. The van der Waals surface area contributed by atoms with Gasteiger partial charge in [0.05, 0.1) is 23.0 Å². The van der Waals surface area contributed by atoms with E-state index in [-0.39, 0.29) is 5.38 Å². The van der Waals surface area contributed by atoms with Gasteiger partial charge in [0.2, 0.25) is 0 Å². The Kier molecular flexibility index (Phi) is 3.92. The second-order valence-corrected chi connectivity index (χ2v) is 4.72. The number of alkyl halides is 1. The van der Waals surface area contributed by atoms with Crippen LogP contribution in [0.3, 0.4) is 0 Å². The lowest BCUT2D eigenvalue weighted by atomic mass is 10.3. The summed E-state index contributed by atoms with van der Waals surface area (Å²) in [6, 6.07) is 5.91. The Bertz CT molecular complexity index is 560. The average Bonchev–Trinajstić information content (AvgIpc) is 2.69. The van der Waals surface area contributed by atoms with Gasteiger partial charge >= 0.3 is 0 Å². The number of hydrogen-bond donors (Lipinski definition) is 0. The number of fused-ring (bicyclic) bond motifs is 1. The summed E-state index contributed by atoms with van der Waals surface area (Å²) in [6.45, 7) is 9.02. The van der Waals surface area contributed by atoms with Crippen LogP contribution < -0.4 is 4.74 Å². The molecule has 0 aliphatic rings. The summed E-state index contributed by atoms with van der Waals surface area (Å²) < 4.78 is 7.56. The molecule has 3 nitrogen and oxygen atoms in total. The third-order valence-corrected chi connectivity index (χ3v) is 2.92. The van der Waals surface area contributed by atoms with Crippen molar-refractivity contribution in [3.05, 3.63) is 36.7 Å². The van der Waals surface area contributed by atoms with E-state index in [0.29, 0.717) is 13.2 Å². The second kappa shape index (κ2) is 5.44. The first-order valence-corrected chi connectivity index (χ1v) is 6.49. The molecule has 1 aromatic heterocycles. The molecular weight excluding hydrogens is 248 g/mol. The number of benzene rings is 1. The summed E-state index contributed by atoms with van der Waals surface area (Å²) in [5, 5.41) is -0.132. The number of nitrogens with zero attached hydrogens (tertiary/aromatic N) is 2. The van der Waals surface area contributed by atoms with Gasteiger partial charge < -0.3 is 9.30 Å². The molecule has 0 radical (unpaired) electrons. The maximum atomic E-state index is 6.17. The number of imidazole rings is 1. The zero-order valence-corrected chi connectivity index (χ0v) is 11.4. The number of ether oxygens (including phenoxy) is 1. The van der Waals surface area contributed by atoms with Gasteiger partial charge in [-0.05, 0) is 26.0 Å². The molecule has 0 aliphatic heterocycles. The molecule has 1 atom stereocenters. The first-order valence-electron chi connectivity index (χ1n) is 6.05. The fourth-order valence-electron chi connectivity index (χ4n) is 2.01. The van der Waals surface area contributed by atoms with Gasteiger partial charge in [-0.3, -0.25) is 0 Å². The highest BCUT2D eigenvalue weighted by atomic mass is 35.5. The zero-order chi connectivity index (χ0) is 13.1. The Morgan fingerprint density at radius 1 is 1.56 bits per heavy atom. The van der Waals surface area contributed by atoms with Gasteiger partial charge in [0.15, 0.2) is 0 Å². The molecule has 0 amide bonds. The van der Waals surface area contributed by atoms with E-state index < -0.39 is 0 Å². The van der Waals surface area contributed by atoms with Gasteiger partial charge in [-0.2, -0.15) is 0 Å². The van der Waals surface area contributed by atoms with Crippen molar-refractivity contribution in [2.24, 2.45) is 0 Å². The lowest BCUT2D eigenvalue weighted by Crippen LogP contribution is -2.02. The van der Waals surface area contributed by atoms with E-state index in [1.54, 1.807) is 0 Å². The molecule has 0 spiro atoms. The first kappa shape index (κ1) is 13.0. The highest BCUT2D eigenvalue weighted by Crippen LogP contribution is 2.27. The predicted molar refractivity (Wildman–Crippen MR) is 75.4 cm³/mol. The van der Waals surface area contributed by atoms with Gasteiger partial charge in [0.25, 0.3) is 0 Å². The van der Waals surface area contributed by atoms with Crippen molar-refractivity contribution in [1.29, 1.82) is 0 Å². The third-order valence-electron chi connectivity index (χ3n) is 2.73. The van der Waals surface area contributed by atoms with Crippen LogP contribution in [-0.2, 0) is 6.54 Å². The molecular formula is C14H17ClN2O. The smallest absolute Gasteiger partial charge is 0.128 e. The Morgan fingerprint density at radius 2 is 2.33 bits per heavy atom. The van der Waals surface area contributed by atoms with Crippen LogP contribution in [0.15, 0.2) is 30.9 Å². The van der Waals surface area contributed by atoms with Crippen molar-refractivity contribution in [3.63, 3.8) is 0 Å². The van der Waals surface area contributed by atoms with Crippen LogP contribution in [-0.4, -0.2) is 16.2 Å². The monoisotopic (exact) mass is 264 g/mol.